The first kappa shape index (κ1) is 11.7. The number of hydrogen-bond donors (Lipinski definition) is 2. The van der Waals surface area contributed by atoms with Crippen molar-refractivity contribution in [3.8, 4) is 0 Å². The zero-order valence-corrected chi connectivity index (χ0v) is 10.3. The SMILES string of the molecule is CC1CCC(CNC(=O)NC2CCC2)CC1. The molecule has 0 atom stereocenters. The quantitative estimate of drug-likeness (QED) is 0.760. The van der Waals surface area contributed by atoms with Crippen LogP contribution in [0.15, 0.2) is 0 Å². The van der Waals surface area contributed by atoms with Crippen LogP contribution in [0, 0.1) is 11.8 Å². The molecule has 2 N–H and O–H groups in total. The van der Waals surface area contributed by atoms with E-state index in [4.69, 9.17) is 0 Å². The fraction of sp³-hybridized carbons (Fsp3) is 0.923. The van der Waals surface area contributed by atoms with Gasteiger partial charge in [-0.3, -0.25) is 0 Å². The molecule has 0 bridgehead atoms. The maximum absolute atomic E-state index is 11.5. The van der Waals surface area contributed by atoms with Crippen molar-refractivity contribution in [3.05, 3.63) is 0 Å². The van der Waals surface area contributed by atoms with Crippen LogP contribution in [-0.2, 0) is 0 Å². The predicted molar refractivity (Wildman–Crippen MR) is 65.3 cm³/mol. The van der Waals surface area contributed by atoms with Gasteiger partial charge in [-0.1, -0.05) is 19.8 Å². The molecule has 0 spiro atoms. The third-order valence-corrected chi connectivity index (χ3v) is 4.13. The Kier molecular flexibility index (Phi) is 4.08. The Bertz CT molecular complexity index is 230. The van der Waals surface area contributed by atoms with E-state index in [-0.39, 0.29) is 6.03 Å². The van der Waals surface area contributed by atoms with Crippen molar-refractivity contribution in [2.24, 2.45) is 11.8 Å². The lowest BCUT2D eigenvalue weighted by Crippen LogP contribution is -2.46. The first-order valence-corrected chi connectivity index (χ1v) is 6.78. The van der Waals surface area contributed by atoms with Crippen LogP contribution in [0.4, 0.5) is 4.79 Å². The average molecular weight is 224 g/mol. The van der Waals surface area contributed by atoms with Gasteiger partial charge in [0.2, 0.25) is 0 Å². The summed E-state index contributed by atoms with van der Waals surface area (Å²) in [6.45, 7) is 3.19. The molecule has 2 fully saturated rings. The molecule has 0 aromatic carbocycles. The molecule has 0 radical (unpaired) electrons. The van der Waals surface area contributed by atoms with E-state index in [0.717, 1.165) is 25.3 Å². The van der Waals surface area contributed by atoms with Crippen LogP contribution in [0.3, 0.4) is 0 Å². The lowest BCUT2D eigenvalue weighted by atomic mass is 9.83. The Hall–Kier alpha value is -0.730. The second-order valence-corrected chi connectivity index (χ2v) is 5.61. The number of hydrogen-bond acceptors (Lipinski definition) is 1. The molecule has 16 heavy (non-hydrogen) atoms. The monoisotopic (exact) mass is 224 g/mol. The number of nitrogens with one attached hydrogen (secondary N) is 2. The van der Waals surface area contributed by atoms with Crippen molar-refractivity contribution in [2.45, 2.75) is 57.9 Å². The third kappa shape index (κ3) is 3.39. The van der Waals surface area contributed by atoms with Crippen LogP contribution in [0.25, 0.3) is 0 Å². The Balaban J connectivity index is 1.57. The van der Waals surface area contributed by atoms with Gasteiger partial charge in [0.25, 0.3) is 0 Å². The lowest BCUT2D eigenvalue weighted by molar-refractivity contribution is 0.221. The van der Waals surface area contributed by atoms with Gasteiger partial charge in [0.15, 0.2) is 0 Å². The van der Waals surface area contributed by atoms with E-state index in [9.17, 15) is 4.79 Å². The number of urea groups is 1. The molecule has 2 rings (SSSR count). The van der Waals surface area contributed by atoms with Gasteiger partial charge in [0.05, 0.1) is 0 Å². The minimum Gasteiger partial charge on any atom is -0.338 e. The molecule has 0 heterocycles. The summed E-state index contributed by atoms with van der Waals surface area (Å²) in [6.07, 6.45) is 8.82. The Labute approximate surface area is 98.4 Å². The molecule has 3 heteroatoms. The Morgan fingerprint density at radius 3 is 2.38 bits per heavy atom. The van der Waals surface area contributed by atoms with Crippen molar-refractivity contribution in [1.82, 2.24) is 10.6 Å². The van der Waals surface area contributed by atoms with Gasteiger partial charge < -0.3 is 10.6 Å². The highest BCUT2D eigenvalue weighted by molar-refractivity contribution is 5.74. The summed E-state index contributed by atoms with van der Waals surface area (Å²) in [7, 11) is 0. The van der Waals surface area contributed by atoms with Crippen LogP contribution in [0.1, 0.15) is 51.9 Å². The fourth-order valence-corrected chi connectivity index (χ4v) is 2.56. The normalized spacial score (nSPS) is 30.6. The van der Waals surface area contributed by atoms with Gasteiger partial charge >= 0.3 is 6.03 Å². The standard InChI is InChI=1S/C13H24N2O/c1-10-5-7-11(8-6-10)9-14-13(16)15-12-3-2-4-12/h10-12H,2-9H2,1H3,(H2,14,15,16). The summed E-state index contributed by atoms with van der Waals surface area (Å²) < 4.78 is 0. The highest BCUT2D eigenvalue weighted by Gasteiger charge is 2.21. The average Bonchev–Trinajstić information content (AvgIpc) is 2.23. The number of carbonyl (C=O) groups excluding carboxylic acids is 1. The maximum atomic E-state index is 11.5. The van der Waals surface area contributed by atoms with E-state index in [2.05, 4.69) is 17.6 Å². The molecular weight excluding hydrogens is 200 g/mol. The van der Waals surface area contributed by atoms with Crippen LogP contribution in [-0.4, -0.2) is 18.6 Å². The van der Waals surface area contributed by atoms with Crippen molar-refractivity contribution in [2.75, 3.05) is 6.54 Å². The largest absolute Gasteiger partial charge is 0.338 e. The van der Waals surface area contributed by atoms with Gasteiger partial charge in [-0.2, -0.15) is 0 Å². The van der Waals surface area contributed by atoms with Crippen LogP contribution in [0.5, 0.6) is 0 Å². The first-order chi connectivity index (χ1) is 7.74. The van der Waals surface area contributed by atoms with E-state index in [1.54, 1.807) is 0 Å². The van der Waals surface area contributed by atoms with Crippen molar-refractivity contribution >= 4 is 6.03 Å². The van der Waals surface area contributed by atoms with E-state index >= 15 is 0 Å². The Morgan fingerprint density at radius 1 is 1.12 bits per heavy atom. The number of amides is 2. The summed E-state index contributed by atoms with van der Waals surface area (Å²) in [5.41, 5.74) is 0. The molecule has 92 valence electrons. The predicted octanol–water partition coefficient (Wildman–Crippen LogP) is 2.66. The Morgan fingerprint density at radius 2 is 1.81 bits per heavy atom. The van der Waals surface area contributed by atoms with Crippen LogP contribution < -0.4 is 10.6 Å². The molecule has 2 amide bonds. The molecule has 2 aliphatic rings. The molecule has 3 nitrogen and oxygen atoms in total. The van der Waals surface area contributed by atoms with E-state index in [1.807, 2.05) is 0 Å². The van der Waals surface area contributed by atoms with E-state index in [0.29, 0.717) is 12.0 Å². The van der Waals surface area contributed by atoms with Gasteiger partial charge in [-0.05, 0) is 43.9 Å². The molecule has 0 unspecified atom stereocenters. The molecule has 0 saturated heterocycles. The minimum absolute atomic E-state index is 0.0447. The van der Waals surface area contributed by atoms with Gasteiger partial charge in [0, 0.05) is 12.6 Å². The van der Waals surface area contributed by atoms with E-state index < -0.39 is 0 Å². The van der Waals surface area contributed by atoms with Crippen molar-refractivity contribution in [1.29, 1.82) is 0 Å². The molecule has 2 saturated carbocycles. The van der Waals surface area contributed by atoms with Crippen molar-refractivity contribution in [3.63, 3.8) is 0 Å². The summed E-state index contributed by atoms with van der Waals surface area (Å²) in [6, 6.07) is 0.495. The first-order valence-electron chi connectivity index (χ1n) is 6.78. The molecule has 0 aliphatic heterocycles. The summed E-state index contributed by atoms with van der Waals surface area (Å²) >= 11 is 0. The smallest absolute Gasteiger partial charge is 0.315 e. The van der Waals surface area contributed by atoms with Crippen LogP contribution >= 0.6 is 0 Å². The summed E-state index contributed by atoms with van der Waals surface area (Å²) in [5, 5.41) is 6.03. The summed E-state index contributed by atoms with van der Waals surface area (Å²) in [4.78, 5) is 11.5. The maximum Gasteiger partial charge on any atom is 0.315 e. The van der Waals surface area contributed by atoms with Crippen molar-refractivity contribution < 1.29 is 4.79 Å². The molecule has 0 aromatic rings. The number of carbonyl (C=O) groups is 1. The van der Waals surface area contributed by atoms with Gasteiger partial charge in [-0.25, -0.2) is 4.79 Å². The van der Waals surface area contributed by atoms with Crippen LogP contribution in [0.2, 0.25) is 0 Å². The molecule has 0 aromatic heterocycles. The number of rotatable bonds is 3. The zero-order valence-electron chi connectivity index (χ0n) is 10.3. The molecule has 2 aliphatic carbocycles. The van der Waals surface area contributed by atoms with Gasteiger partial charge in [0.1, 0.15) is 0 Å². The summed E-state index contributed by atoms with van der Waals surface area (Å²) in [5.74, 6) is 1.60. The zero-order chi connectivity index (χ0) is 11.4. The second-order valence-electron chi connectivity index (χ2n) is 5.61. The minimum atomic E-state index is 0.0447. The second kappa shape index (κ2) is 5.55. The highest BCUT2D eigenvalue weighted by Crippen LogP contribution is 2.27. The highest BCUT2D eigenvalue weighted by atomic mass is 16.2. The van der Waals surface area contributed by atoms with Gasteiger partial charge in [-0.15, -0.1) is 0 Å². The lowest BCUT2D eigenvalue weighted by Gasteiger charge is -2.28. The topological polar surface area (TPSA) is 41.1 Å². The fourth-order valence-electron chi connectivity index (χ4n) is 2.56. The third-order valence-electron chi connectivity index (χ3n) is 4.13. The van der Waals surface area contributed by atoms with E-state index in [1.165, 1.54) is 32.1 Å². The molecular formula is C13H24N2O.